The minimum absolute atomic E-state index is 0.0227. The van der Waals surface area contributed by atoms with E-state index in [2.05, 4.69) is 9.05 Å². The van der Waals surface area contributed by atoms with E-state index < -0.39 is 7.82 Å². The third-order valence-electron chi connectivity index (χ3n) is 1.73. The minimum Gasteiger partial charge on any atom is -0.756 e. The smallest absolute Gasteiger partial charge is 0.267 e. The first kappa shape index (κ1) is 15.1. The highest BCUT2D eigenvalue weighted by molar-refractivity contribution is 7.45. The molecule has 0 aliphatic heterocycles. The highest BCUT2D eigenvalue weighted by atomic mass is 31.2. The van der Waals surface area contributed by atoms with Crippen LogP contribution < -0.4 is 4.89 Å². The molecule has 15 heavy (non-hydrogen) atoms. The van der Waals surface area contributed by atoms with E-state index in [1.807, 2.05) is 20.8 Å². The molecule has 92 valence electrons. The van der Waals surface area contributed by atoms with E-state index in [1.54, 1.807) is 0 Å². The summed E-state index contributed by atoms with van der Waals surface area (Å²) in [7, 11) is -4.13. The molecule has 0 rings (SSSR count). The molecule has 0 heterocycles. The molecule has 0 saturated carbocycles. The number of ether oxygens (including phenoxy) is 1. The van der Waals surface area contributed by atoms with Gasteiger partial charge in [0.25, 0.3) is 7.82 Å². The zero-order valence-corrected chi connectivity index (χ0v) is 10.5. The fourth-order valence-electron chi connectivity index (χ4n) is 0.934. The number of phosphoric ester groups is 1. The van der Waals surface area contributed by atoms with Crippen LogP contribution in [0.4, 0.5) is 0 Å². The van der Waals surface area contributed by atoms with Crippen molar-refractivity contribution in [2.24, 2.45) is 0 Å². The van der Waals surface area contributed by atoms with Crippen LogP contribution in [0.5, 0.6) is 0 Å². The Balaban J connectivity index is 3.84. The van der Waals surface area contributed by atoms with Crippen molar-refractivity contribution < 1.29 is 23.2 Å². The van der Waals surface area contributed by atoms with Crippen LogP contribution in [-0.2, 0) is 18.3 Å². The molecule has 0 aliphatic rings. The van der Waals surface area contributed by atoms with Gasteiger partial charge in [0.05, 0.1) is 19.3 Å². The van der Waals surface area contributed by atoms with Gasteiger partial charge in [0.1, 0.15) is 0 Å². The third kappa shape index (κ3) is 7.94. The summed E-state index contributed by atoms with van der Waals surface area (Å²) in [5.74, 6) is 0. The Bertz CT molecular complexity index is 197. The second-order valence-electron chi connectivity index (χ2n) is 3.06. The zero-order valence-electron chi connectivity index (χ0n) is 9.60. The lowest BCUT2D eigenvalue weighted by molar-refractivity contribution is -0.227. The van der Waals surface area contributed by atoms with Crippen molar-refractivity contribution in [3.63, 3.8) is 0 Å². The maximum Gasteiger partial charge on any atom is 0.267 e. The maximum absolute atomic E-state index is 11.1. The Morgan fingerprint density at radius 2 is 1.93 bits per heavy atom. The molecular formula is C9H20O5P-. The van der Waals surface area contributed by atoms with Crippen molar-refractivity contribution in [3.8, 4) is 0 Å². The Morgan fingerprint density at radius 1 is 1.27 bits per heavy atom. The van der Waals surface area contributed by atoms with E-state index in [4.69, 9.17) is 4.74 Å². The highest BCUT2D eigenvalue weighted by Crippen LogP contribution is 2.38. The molecule has 6 heteroatoms. The second-order valence-corrected chi connectivity index (χ2v) is 4.47. The summed E-state index contributed by atoms with van der Waals surface area (Å²) in [5.41, 5.74) is 0. The van der Waals surface area contributed by atoms with Gasteiger partial charge in [0, 0.05) is 6.61 Å². The molecule has 2 unspecified atom stereocenters. The third-order valence-corrected chi connectivity index (χ3v) is 2.69. The predicted octanol–water partition coefficient (Wildman–Crippen LogP) is 1.71. The van der Waals surface area contributed by atoms with Gasteiger partial charge in [-0.25, -0.2) is 0 Å². The van der Waals surface area contributed by atoms with Crippen LogP contribution in [0.2, 0.25) is 0 Å². The Kier molecular flexibility index (Phi) is 8.29. The first-order chi connectivity index (χ1) is 7.05. The van der Waals surface area contributed by atoms with Gasteiger partial charge in [0.2, 0.25) is 0 Å². The van der Waals surface area contributed by atoms with E-state index >= 15 is 0 Å². The summed E-state index contributed by atoms with van der Waals surface area (Å²) >= 11 is 0. The van der Waals surface area contributed by atoms with E-state index in [-0.39, 0.29) is 19.3 Å². The predicted molar refractivity (Wildman–Crippen MR) is 55.5 cm³/mol. The van der Waals surface area contributed by atoms with Crippen molar-refractivity contribution in [1.82, 2.24) is 0 Å². The Morgan fingerprint density at radius 3 is 2.40 bits per heavy atom. The second kappa shape index (κ2) is 8.25. The van der Waals surface area contributed by atoms with E-state index in [1.165, 1.54) is 0 Å². The average molecular weight is 239 g/mol. The van der Waals surface area contributed by atoms with Crippen LogP contribution in [0.15, 0.2) is 0 Å². The van der Waals surface area contributed by atoms with E-state index in [9.17, 15) is 9.46 Å². The fourth-order valence-corrected chi connectivity index (χ4v) is 1.76. The van der Waals surface area contributed by atoms with Crippen LogP contribution in [0.3, 0.4) is 0 Å². The van der Waals surface area contributed by atoms with Crippen LogP contribution in [0.1, 0.15) is 33.6 Å². The average Bonchev–Trinajstić information content (AvgIpc) is 2.21. The van der Waals surface area contributed by atoms with Crippen molar-refractivity contribution >= 4 is 7.82 Å². The van der Waals surface area contributed by atoms with Gasteiger partial charge in [-0.1, -0.05) is 13.8 Å². The quantitative estimate of drug-likeness (QED) is 0.573. The number of phosphoric acid groups is 1. The zero-order chi connectivity index (χ0) is 11.7. The van der Waals surface area contributed by atoms with Crippen molar-refractivity contribution in [3.05, 3.63) is 0 Å². The lowest BCUT2D eigenvalue weighted by Gasteiger charge is -2.24. The van der Waals surface area contributed by atoms with E-state index in [0.29, 0.717) is 19.4 Å². The molecule has 0 bridgehead atoms. The molecule has 0 aliphatic carbocycles. The SMILES string of the molecule is CCCOP(=O)([O-])OCC(CC)OCC. The van der Waals surface area contributed by atoms with Crippen molar-refractivity contribution in [2.75, 3.05) is 19.8 Å². The van der Waals surface area contributed by atoms with Gasteiger partial charge < -0.3 is 18.7 Å². The lowest BCUT2D eigenvalue weighted by Crippen LogP contribution is -2.21. The van der Waals surface area contributed by atoms with Crippen LogP contribution in [0.25, 0.3) is 0 Å². The van der Waals surface area contributed by atoms with Crippen molar-refractivity contribution in [2.45, 2.75) is 39.7 Å². The first-order valence-corrected chi connectivity index (χ1v) is 6.73. The van der Waals surface area contributed by atoms with Crippen LogP contribution in [0, 0.1) is 0 Å². The molecule has 0 spiro atoms. The summed E-state index contributed by atoms with van der Waals surface area (Å²) in [4.78, 5) is 11.1. The molecule has 0 aromatic rings. The summed E-state index contributed by atoms with van der Waals surface area (Å²) in [5, 5.41) is 0. The van der Waals surface area contributed by atoms with Gasteiger partial charge in [-0.05, 0) is 19.8 Å². The van der Waals surface area contributed by atoms with Crippen molar-refractivity contribution in [1.29, 1.82) is 0 Å². The fraction of sp³-hybridized carbons (Fsp3) is 1.00. The number of rotatable bonds is 9. The largest absolute Gasteiger partial charge is 0.756 e. The summed E-state index contributed by atoms with van der Waals surface area (Å²) in [6, 6.07) is 0. The first-order valence-electron chi connectivity index (χ1n) is 5.27. The molecule has 0 fully saturated rings. The highest BCUT2D eigenvalue weighted by Gasteiger charge is 2.13. The van der Waals surface area contributed by atoms with Gasteiger partial charge in [-0.15, -0.1) is 0 Å². The van der Waals surface area contributed by atoms with E-state index in [0.717, 1.165) is 0 Å². The topological polar surface area (TPSA) is 67.8 Å². The van der Waals surface area contributed by atoms with Gasteiger partial charge in [0.15, 0.2) is 0 Å². The Labute approximate surface area is 91.3 Å². The molecule has 0 aromatic carbocycles. The molecule has 0 radical (unpaired) electrons. The number of hydrogen-bond acceptors (Lipinski definition) is 5. The summed E-state index contributed by atoms with van der Waals surface area (Å²) in [6.07, 6.45) is 1.15. The van der Waals surface area contributed by atoms with Gasteiger partial charge in [-0.3, -0.25) is 4.57 Å². The van der Waals surface area contributed by atoms with Crippen LogP contribution >= 0.6 is 7.82 Å². The molecule has 0 aromatic heterocycles. The maximum atomic E-state index is 11.1. The normalized spacial score (nSPS) is 17.3. The van der Waals surface area contributed by atoms with Gasteiger partial charge >= 0.3 is 0 Å². The van der Waals surface area contributed by atoms with Crippen LogP contribution in [-0.4, -0.2) is 25.9 Å². The summed E-state index contributed by atoms with van der Waals surface area (Å²) in [6.45, 7) is 6.32. The monoisotopic (exact) mass is 239 g/mol. The molecule has 0 N–H and O–H groups in total. The molecule has 5 nitrogen and oxygen atoms in total. The lowest BCUT2D eigenvalue weighted by atomic mass is 10.3. The molecule has 0 saturated heterocycles. The minimum atomic E-state index is -4.13. The van der Waals surface area contributed by atoms with Gasteiger partial charge in [-0.2, -0.15) is 0 Å². The standard InChI is InChI=1S/C9H21O5P/c1-4-7-13-15(10,11)14-8-9(5-2)12-6-3/h9H,4-8H2,1-3H3,(H,10,11)/p-1. The summed E-state index contributed by atoms with van der Waals surface area (Å²) < 4.78 is 25.7. The molecule has 0 amide bonds. The molecule has 2 atom stereocenters. The molecular weight excluding hydrogens is 219 g/mol. The number of hydrogen-bond donors (Lipinski definition) is 0. The Hall–Kier alpha value is 0.0700.